The minimum atomic E-state index is -4.23. The molecule has 192 valence electrons. The van der Waals surface area contributed by atoms with Gasteiger partial charge in [-0.05, 0) is 24.8 Å². The van der Waals surface area contributed by atoms with Crippen molar-refractivity contribution in [3.63, 3.8) is 0 Å². The van der Waals surface area contributed by atoms with Crippen molar-refractivity contribution in [3.05, 3.63) is 29.6 Å². The molecule has 1 aromatic heterocycles. The number of nitrogens with zero attached hydrogens (tertiary/aromatic N) is 4. The van der Waals surface area contributed by atoms with Crippen LogP contribution in [0.15, 0.2) is 29.4 Å². The van der Waals surface area contributed by atoms with Gasteiger partial charge >= 0.3 is 15.0 Å². The van der Waals surface area contributed by atoms with E-state index in [1.807, 2.05) is 13.8 Å². The zero-order chi connectivity index (χ0) is 25.3. The summed E-state index contributed by atoms with van der Waals surface area (Å²) in [6.07, 6.45) is 1.91. The third-order valence-corrected chi connectivity index (χ3v) is 8.77. The van der Waals surface area contributed by atoms with Gasteiger partial charge in [0.1, 0.15) is 6.04 Å². The van der Waals surface area contributed by atoms with Gasteiger partial charge in [-0.3, -0.25) is 14.4 Å². The van der Waals surface area contributed by atoms with Crippen LogP contribution in [-0.2, 0) is 29.1 Å². The molecular weight excluding hydrogens is 476 g/mol. The molecule has 12 heteroatoms. The van der Waals surface area contributed by atoms with Gasteiger partial charge in [-0.2, -0.15) is 9.04 Å². The molecule has 3 fully saturated rings. The normalized spacial score (nSPS) is 24.1. The SMILES string of the molecule is CC(C)CC(CC(=O)N1CCOCC1)C(=O)N1CCC2C1C(=O)CN2S(=O)(=O)c1cccc[n+]1[O-]. The van der Waals surface area contributed by atoms with Gasteiger partial charge < -0.3 is 19.7 Å². The molecule has 0 saturated carbocycles. The third-order valence-electron chi connectivity index (χ3n) is 6.91. The summed E-state index contributed by atoms with van der Waals surface area (Å²) in [4.78, 5) is 42.7. The second-order valence-electron chi connectivity index (χ2n) is 9.74. The van der Waals surface area contributed by atoms with Crippen LogP contribution in [0.1, 0.15) is 33.1 Å². The van der Waals surface area contributed by atoms with E-state index in [-0.39, 0.29) is 41.2 Å². The van der Waals surface area contributed by atoms with Gasteiger partial charge in [0.25, 0.3) is 0 Å². The highest BCUT2D eigenvalue weighted by molar-refractivity contribution is 7.89. The fraction of sp³-hybridized carbons (Fsp3) is 0.652. The number of hydrogen-bond acceptors (Lipinski definition) is 7. The van der Waals surface area contributed by atoms with Gasteiger partial charge in [-0.25, -0.2) is 8.42 Å². The number of sulfonamides is 1. The van der Waals surface area contributed by atoms with Crippen molar-refractivity contribution in [2.75, 3.05) is 39.4 Å². The molecule has 0 N–H and O–H groups in total. The molecule has 2 amide bonds. The topological polar surface area (TPSA) is 131 Å². The highest BCUT2D eigenvalue weighted by atomic mass is 32.2. The highest BCUT2D eigenvalue weighted by Gasteiger charge is 2.55. The molecule has 0 bridgehead atoms. The summed E-state index contributed by atoms with van der Waals surface area (Å²) in [7, 11) is -4.23. The van der Waals surface area contributed by atoms with Gasteiger partial charge in [0, 0.05) is 44.1 Å². The van der Waals surface area contributed by atoms with Crippen LogP contribution < -0.4 is 4.73 Å². The van der Waals surface area contributed by atoms with Crippen molar-refractivity contribution < 1.29 is 32.3 Å². The molecule has 4 rings (SSSR count). The van der Waals surface area contributed by atoms with Gasteiger partial charge in [0.15, 0.2) is 12.0 Å². The van der Waals surface area contributed by atoms with E-state index < -0.39 is 39.6 Å². The smallest absolute Gasteiger partial charge is 0.323 e. The van der Waals surface area contributed by atoms with Crippen LogP contribution in [0.5, 0.6) is 0 Å². The largest absolute Gasteiger partial charge is 0.618 e. The van der Waals surface area contributed by atoms with Crippen molar-refractivity contribution in [2.24, 2.45) is 11.8 Å². The van der Waals surface area contributed by atoms with Gasteiger partial charge in [0.2, 0.25) is 11.8 Å². The molecule has 3 atom stereocenters. The summed E-state index contributed by atoms with van der Waals surface area (Å²) in [5.41, 5.74) is 0. The second-order valence-corrected chi connectivity index (χ2v) is 11.6. The summed E-state index contributed by atoms with van der Waals surface area (Å²) < 4.78 is 33.0. The van der Waals surface area contributed by atoms with Crippen molar-refractivity contribution >= 4 is 27.6 Å². The Bertz CT molecular complexity index is 1090. The van der Waals surface area contributed by atoms with Crippen LogP contribution in [0.3, 0.4) is 0 Å². The van der Waals surface area contributed by atoms with Crippen molar-refractivity contribution in [1.29, 1.82) is 0 Å². The number of likely N-dealkylation sites (tertiary alicyclic amines) is 1. The lowest BCUT2D eigenvalue weighted by Gasteiger charge is -2.31. The van der Waals surface area contributed by atoms with Gasteiger partial charge in [-0.1, -0.05) is 13.8 Å². The number of carbonyl (C=O) groups excluding carboxylic acids is 3. The Morgan fingerprint density at radius 2 is 1.91 bits per heavy atom. The van der Waals surface area contributed by atoms with E-state index in [1.165, 1.54) is 23.1 Å². The number of Topliss-reactive ketones (excluding diaryl/α,β-unsaturated/α-hetero) is 1. The maximum atomic E-state index is 13.6. The van der Waals surface area contributed by atoms with Gasteiger partial charge in [-0.15, -0.1) is 0 Å². The summed E-state index contributed by atoms with van der Waals surface area (Å²) in [6.45, 7) is 5.68. The Morgan fingerprint density at radius 1 is 1.20 bits per heavy atom. The average Bonchev–Trinajstić information content (AvgIpc) is 3.40. The number of ether oxygens (including phenoxy) is 1. The third kappa shape index (κ3) is 5.05. The Kier molecular flexibility index (Phi) is 7.43. The zero-order valence-electron chi connectivity index (χ0n) is 20.0. The van der Waals surface area contributed by atoms with Crippen molar-refractivity contribution in [2.45, 2.75) is 50.2 Å². The monoisotopic (exact) mass is 508 g/mol. The number of morpholine rings is 1. The van der Waals surface area contributed by atoms with Crippen LogP contribution in [-0.4, -0.2) is 91.6 Å². The molecule has 0 aliphatic carbocycles. The molecule has 4 heterocycles. The Hall–Kier alpha value is -2.57. The van der Waals surface area contributed by atoms with E-state index in [4.69, 9.17) is 4.74 Å². The number of hydrogen-bond donors (Lipinski definition) is 0. The zero-order valence-corrected chi connectivity index (χ0v) is 20.9. The molecule has 35 heavy (non-hydrogen) atoms. The van der Waals surface area contributed by atoms with Crippen molar-refractivity contribution in [3.8, 4) is 0 Å². The molecule has 0 aromatic carbocycles. The van der Waals surface area contributed by atoms with Gasteiger partial charge in [0.05, 0.1) is 25.8 Å². The van der Waals surface area contributed by atoms with E-state index in [2.05, 4.69) is 0 Å². The van der Waals surface area contributed by atoms with Crippen LogP contribution in [0, 0.1) is 17.0 Å². The summed E-state index contributed by atoms with van der Waals surface area (Å²) in [5, 5.41) is 11.7. The second kappa shape index (κ2) is 10.2. The molecule has 3 aliphatic rings. The highest BCUT2D eigenvalue weighted by Crippen LogP contribution is 2.35. The van der Waals surface area contributed by atoms with Crippen LogP contribution >= 0.6 is 0 Å². The van der Waals surface area contributed by atoms with E-state index >= 15 is 0 Å². The first-order chi connectivity index (χ1) is 16.6. The molecule has 3 saturated heterocycles. The summed E-state index contributed by atoms with van der Waals surface area (Å²) >= 11 is 0. The molecule has 1 aromatic rings. The Labute approximate surface area is 205 Å². The van der Waals surface area contributed by atoms with E-state index in [0.29, 0.717) is 39.1 Å². The molecule has 0 spiro atoms. The van der Waals surface area contributed by atoms with Crippen LogP contribution in [0.2, 0.25) is 0 Å². The summed E-state index contributed by atoms with van der Waals surface area (Å²) in [6, 6.07) is 2.44. The fourth-order valence-electron chi connectivity index (χ4n) is 5.30. The molecule has 3 aliphatic heterocycles. The number of fused-ring (bicyclic) bond motifs is 1. The standard InChI is InChI=1S/C23H32N4O7S/c1-16(2)13-17(14-20(29)24-9-11-34-12-10-24)23(30)25-8-6-18-22(25)19(28)15-27(18)35(32,33)21-5-3-4-7-26(21)31/h3-5,7,16-18,22H,6,8-15H2,1-2H3. The number of aromatic nitrogens is 1. The molecule has 3 unspecified atom stereocenters. The Morgan fingerprint density at radius 3 is 2.57 bits per heavy atom. The number of pyridine rings is 1. The number of rotatable bonds is 7. The molecule has 0 radical (unpaired) electrons. The molecular formula is C23H32N4O7S. The quantitative estimate of drug-likeness (QED) is 0.367. The average molecular weight is 509 g/mol. The summed E-state index contributed by atoms with van der Waals surface area (Å²) in [5.74, 6) is -1.23. The first kappa shape index (κ1) is 25.5. The lowest BCUT2D eigenvalue weighted by Crippen LogP contribution is -2.48. The Balaban J connectivity index is 1.53. The van der Waals surface area contributed by atoms with Crippen LogP contribution in [0.4, 0.5) is 0 Å². The first-order valence-electron chi connectivity index (χ1n) is 12.0. The lowest BCUT2D eigenvalue weighted by molar-refractivity contribution is -0.646. The van der Waals surface area contributed by atoms with E-state index in [0.717, 1.165) is 10.5 Å². The number of ketones is 1. The number of carbonyl (C=O) groups is 3. The molecule has 11 nitrogen and oxygen atoms in total. The van der Waals surface area contributed by atoms with Crippen LogP contribution in [0.25, 0.3) is 0 Å². The maximum absolute atomic E-state index is 13.6. The maximum Gasteiger partial charge on any atom is 0.323 e. The van der Waals surface area contributed by atoms with Crippen molar-refractivity contribution in [1.82, 2.24) is 14.1 Å². The predicted octanol–water partition coefficient (Wildman–Crippen LogP) is -0.226. The lowest BCUT2D eigenvalue weighted by atomic mass is 9.91. The fourth-order valence-corrected chi connectivity index (χ4v) is 6.95. The minimum absolute atomic E-state index is 0.0430. The number of amides is 2. The van der Waals surface area contributed by atoms with E-state index in [1.54, 1.807) is 4.90 Å². The van der Waals surface area contributed by atoms with E-state index in [9.17, 15) is 28.0 Å². The predicted molar refractivity (Wildman–Crippen MR) is 123 cm³/mol. The first-order valence-corrected chi connectivity index (χ1v) is 13.4. The minimum Gasteiger partial charge on any atom is -0.618 e.